The van der Waals surface area contributed by atoms with E-state index < -0.39 is 43.1 Å². The van der Waals surface area contributed by atoms with E-state index in [9.17, 15) is 36.0 Å². The van der Waals surface area contributed by atoms with Crippen molar-refractivity contribution in [1.29, 1.82) is 0 Å². The Morgan fingerprint density at radius 3 is 1.63 bits per heavy atom. The second kappa shape index (κ2) is 23.9. The summed E-state index contributed by atoms with van der Waals surface area (Å²) in [4.78, 5) is 65.4. The van der Waals surface area contributed by atoms with Crippen LogP contribution in [0.3, 0.4) is 0 Å². The zero-order valence-corrected chi connectivity index (χ0v) is 57.9. The predicted octanol–water partition coefficient (Wildman–Crippen LogP) is 9.99. The van der Waals surface area contributed by atoms with E-state index in [2.05, 4.69) is 95.6 Å². The van der Waals surface area contributed by atoms with E-state index >= 15 is 0 Å². The number of benzene rings is 5. The maximum Gasteiger partial charge on any atom is 0.303 e. The molecule has 8 heterocycles. The minimum absolute atomic E-state index is 0. The number of piperazine rings is 2. The van der Waals surface area contributed by atoms with Gasteiger partial charge in [-0.05, 0) is 141 Å². The van der Waals surface area contributed by atoms with Gasteiger partial charge in [-0.15, -0.1) is 0 Å². The highest BCUT2D eigenvalue weighted by molar-refractivity contribution is 7.88. The zero-order valence-electron chi connectivity index (χ0n) is 56.3. The van der Waals surface area contributed by atoms with Crippen LogP contribution in [0.5, 0.6) is 11.5 Å². The molecule has 4 bridgehead atoms. The van der Waals surface area contributed by atoms with Gasteiger partial charge in [0.25, 0.3) is 11.8 Å². The topological polar surface area (TPSA) is 208 Å². The molecule has 7 fully saturated rings. The molecule has 9 atom stereocenters. The molecule has 4 amide bonds. The van der Waals surface area contributed by atoms with Crippen LogP contribution < -0.4 is 18.9 Å². The van der Waals surface area contributed by atoms with Crippen LogP contribution in [0.1, 0.15) is 130 Å². The van der Waals surface area contributed by atoms with Crippen molar-refractivity contribution in [2.45, 2.75) is 127 Å². The van der Waals surface area contributed by atoms with Gasteiger partial charge in [-0.2, -0.15) is 25.4 Å². The van der Waals surface area contributed by atoms with Gasteiger partial charge >= 0.3 is 20.4 Å². The highest BCUT2D eigenvalue weighted by Crippen LogP contribution is 2.71. The van der Waals surface area contributed by atoms with Gasteiger partial charge in [0.2, 0.25) is 11.8 Å². The maximum atomic E-state index is 14.9. The number of nitrogens with zero attached hydrogens (tertiary/aromatic N) is 8. The molecule has 7 aromatic rings. The predicted molar refractivity (Wildman–Crippen MR) is 372 cm³/mol. The number of hydrogen-bond donors (Lipinski definition) is 2. The number of amides is 4. The molecule has 506 valence electrons. The smallest absolute Gasteiger partial charge is 0.303 e. The van der Waals surface area contributed by atoms with E-state index in [0.29, 0.717) is 31.1 Å². The van der Waals surface area contributed by atoms with E-state index in [1.54, 1.807) is 32.4 Å². The van der Waals surface area contributed by atoms with Crippen molar-refractivity contribution in [2.75, 3.05) is 82.7 Å². The molecule has 22 heteroatoms. The summed E-state index contributed by atoms with van der Waals surface area (Å²) in [6.07, 6.45) is 8.58. The van der Waals surface area contributed by atoms with Crippen molar-refractivity contribution in [2.24, 2.45) is 16.7 Å². The lowest BCUT2D eigenvalue weighted by Gasteiger charge is -2.35. The van der Waals surface area contributed by atoms with Crippen LogP contribution in [0.2, 0.25) is 0 Å². The van der Waals surface area contributed by atoms with Crippen LogP contribution in [0.15, 0.2) is 103 Å². The Hall–Kier alpha value is -7.60. The number of nitrogens with one attached hydrogen (secondary N) is 2. The quantitative estimate of drug-likeness (QED) is 0.117. The van der Waals surface area contributed by atoms with Crippen molar-refractivity contribution in [3.05, 3.63) is 131 Å². The molecular weight excluding hydrogens is 1240 g/mol. The Morgan fingerprint density at radius 1 is 0.589 bits per heavy atom. The van der Waals surface area contributed by atoms with Crippen LogP contribution >= 0.6 is 0 Å². The molecule has 16 rings (SSSR count). The summed E-state index contributed by atoms with van der Waals surface area (Å²) in [5.74, 6) is 1.12. The largest absolute Gasteiger partial charge is 0.497 e. The number of aromatic nitrogens is 2. The van der Waals surface area contributed by atoms with Crippen molar-refractivity contribution in [3.8, 4) is 45.1 Å². The molecule has 20 nitrogen and oxygen atoms in total. The Morgan fingerprint density at radius 2 is 1.11 bits per heavy atom. The third kappa shape index (κ3) is 10.4. The number of likely N-dealkylation sites (tertiary alicyclic amines) is 4. The summed E-state index contributed by atoms with van der Waals surface area (Å²) in [6, 6.07) is 34.8. The second-order valence-electron chi connectivity index (χ2n) is 28.3. The summed E-state index contributed by atoms with van der Waals surface area (Å²) in [5, 5.41) is 2.01. The molecule has 2 aromatic heterocycles. The van der Waals surface area contributed by atoms with Crippen molar-refractivity contribution in [3.63, 3.8) is 0 Å². The van der Waals surface area contributed by atoms with Gasteiger partial charge in [-0.3, -0.25) is 29.0 Å². The molecule has 3 saturated carbocycles. The molecule has 5 aromatic carbocycles. The standard InChI is InChI=1S/C36H39N5O5S.C35H43N5O5S.C2H6.2H2/c1-21-32-29-17-26(46-5)12-14-27(29)33-31(22-9-7-6-8-10-22)28-13-11-23(34(42)37-47(44,45)38(2)3)15-30(28)41(33)20-36(21,32)35(43)40-19-24-16-25(40)18-39(24)4;1-37(2)46(43,44)36-33(41)22-10-12-27-30(14-22)40-20-35(34(42)39-19-23-15-24(39)18-38(23)3)17-29(35)28-16-25(45-4)11-13-26(28)32(40)31(27)21-8-6-5-7-9-21;1-2;;/h6-15,17,21,24-25,32H,16,18-20H2,1-5H3,(H,37,42);10-14,16,21,23-24,29H,5-9,15,17-20H2,1-4H3,(H,36,41);1-2H3;2*1H/t21?,24?,25-,32?,36?;23?,24?,29?,35-;;;/m11.../s1. The first kappa shape index (κ1) is 64.7. The first-order chi connectivity index (χ1) is 45.5. The average Bonchev–Trinajstić information content (AvgIpc) is 1.51. The highest BCUT2D eigenvalue weighted by Gasteiger charge is 2.71. The molecule has 9 aliphatic rings. The van der Waals surface area contributed by atoms with Crippen LogP contribution in [0.4, 0.5) is 0 Å². The number of fused-ring (bicyclic) bond motifs is 18. The first-order valence-corrected chi connectivity index (χ1v) is 36.6. The van der Waals surface area contributed by atoms with Gasteiger partial charge < -0.3 is 28.4 Å². The number of likely N-dealkylation sites (N-methyl/N-ethyl adjacent to an activating group) is 2. The Balaban J connectivity index is 0.000000177. The number of carbonyl (C=O) groups excluding carboxylic acids is 4. The molecule has 0 spiro atoms. The average molecular weight is 1330 g/mol. The van der Waals surface area contributed by atoms with Crippen LogP contribution in [0, 0.1) is 16.7 Å². The molecule has 3 aliphatic carbocycles. The summed E-state index contributed by atoms with van der Waals surface area (Å²) in [5.41, 5.74) is 10.8. The molecule has 95 heavy (non-hydrogen) atoms. The molecule has 2 N–H and O–H groups in total. The Kier molecular flexibility index (Phi) is 16.3. The number of hydrogen-bond acceptors (Lipinski definition) is 12. The fraction of sp³-hybridized carbons (Fsp3) is 0.479. The van der Waals surface area contributed by atoms with Crippen molar-refractivity contribution >= 4 is 65.9 Å². The second-order valence-corrected chi connectivity index (χ2v) is 32.0. The van der Waals surface area contributed by atoms with E-state index in [4.69, 9.17) is 9.47 Å². The Bertz CT molecular complexity index is 4530. The summed E-state index contributed by atoms with van der Waals surface area (Å²) < 4.78 is 72.6. The van der Waals surface area contributed by atoms with E-state index in [1.807, 2.05) is 62.4 Å². The van der Waals surface area contributed by atoms with E-state index in [0.717, 1.165) is 139 Å². The van der Waals surface area contributed by atoms with Crippen molar-refractivity contribution in [1.82, 2.24) is 46.8 Å². The van der Waals surface area contributed by atoms with Crippen LogP contribution in [-0.2, 0) is 43.1 Å². The first-order valence-electron chi connectivity index (χ1n) is 33.7. The SMILES string of the molecule is CC.COc1ccc2c(c1)C1C(C)C1(C(=O)N1CC3C[C@@H]1CN3C)Cn1c-2c(-c2ccccc2)c2ccc(C(=O)NS(=O)(=O)N(C)C)cc21.COc1ccc2c(c1)C1C[C@@]1(C(=O)N1CC3CC1CN3C)Cn1c-2c(C2CCCCC2)c2ccc(C(=O)NS(=O)(=O)N(C)C)cc21.[HH].[HH]. The van der Waals surface area contributed by atoms with Gasteiger partial charge in [0.15, 0.2) is 0 Å². The number of methoxy groups -OCH3 is 2. The fourth-order valence-corrected chi connectivity index (χ4v) is 18.9. The highest BCUT2D eigenvalue weighted by atomic mass is 32.2. The summed E-state index contributed by atoms with van der Waals surface area (Å²) in [6.45, 7) is 10.5. The van der Waals surface area contributed by atoms with Gasteiger partial charge in [0.05, 0.1) is 36.4 Å². The molecular formula is C73H92N10O10S2. The maximum absolute atomic E-state index is 14.9. The number of rotatable bonds is 12. The molecule has 0 radical (unpaired) electrons. The lowest BCUT2D eigenvalue weighted by Crippen LogP contribution is -2.50. The zero-order chi connectivity index (χ0) is 67.1. The molecule has 7 unspecified atom stereocenters. The lowest BCUT2D eigenvalue weighted by atomic mass is 9.81. The summed E-state index contributed by atoms with van der Waals surface area (Å²) in [7, 11) is 5.23. The number of carbonyl (C=O) groups is 4. The van der Waals surface area contributed by atoms with Crippen molar-refractivity contribution < 1.29 is 48.3 Å². The molecule has 6 aliphatic heterocycles. The normalized spacial score (nSPS) is 26.2. The van der Waals surface area contributed by atoms with Gasteiger partial charge in [0.1, 0.15) is 11.5 Å². The third-order valence-electron chi connectivity index (χ3n) is 23.0. The minimum Gasteiger partial charge on any atom is -0.497 e. The van der Waals surface area contributed by atoms with E-state index in [-0.39, 0.29) is 55.6 Å². The van der Waals surface area contributed by atoms with Gasteiger partial charge in [0, 0.05) is 156 Å². The number of ether oxygens (including phenoxy) is 2. The molecule has 4 saturated heterocycles. The lowest BCUT2D eigenvalue weighted by molar-refractivity contribution is -0.141. The minimum atomic E-state index is -3.99. The summed E-state index contributed by atoms with van der Waals surface area (Å²) >= 11 is 0. The Labute approximate surface area is 560 Å². The van der Waals surface area contributed by atoms with Crippen LogP contribution in [-0.4, -0.2) is 185 Å². The monoisotopic (exact) mass is 1330 g/mol. The van der Waals surface area contributed by atoms with Gasteiger partial charge in [-0.1, -0.05) is 82.5 Å². The van der Waals surface area contributed by atoms with E-state index in [1.165, 1.54) is 58.6 Å². The third-order valence-corrected chi connectivity index (χ3v) is 25.8. The fourth-order valence-electron chi connectivity index (χ4n) is 17.8. The van der Waals surface area contributed by atoms with Gasteiger partial charge in [-0.25, -0.2) is 9.44 Å². The van der Waals surface area contributed by atoms with Crippen LogP contribution in [0.25, 0.3) is 55.4 Å².